The first-order valence-corrected chi connectivity index (χ1v) is 7.43. The van der Waals surface area contributed by atoms with Gasteiger partial charge in [0.15, 0.2) is 0 Å². The third-order valence-corrected chi connectivity index (χ3v) is 4.20. The summed E-state index contributed by atoms with van der Waals surface area (Å²) in [4.78, 5) is 7.30. The molecule has 0 atom stereocenters. The maximum Gasteiger partial charge on any atom is 0.133 e. The fourth-order valence-corrected chi connectivity index (χ4v) is 3.18. The summed E-state index contributed by atoms with van der Waals surface area (Å²) in [5.41, 5.74) is 8.52. The molecule has 3 nitrogen and oxygen atoms in total. The van der Waals surface area contributed by atoms with Crippen molar-refractivity contribution in [3.8, 4) is 0 Å². The lowest BCUT2D eigenvalue weighted by Crippen LogP contribution is -2.41. The van der Waals surface area contributed by atoms with E-state index in [2.05, 4.69) is 36.9 Å². The Hall–Kier alpha value is -1.61. The Morgan fingerprint density at radius 2 is 2.10 bits per heavy atom. The minimum atomic E-state index is 0.359. The van der Waals surface area contributed by atoms with Gasteiger partial charge in [-0.3, -0.25) is 0 Å². The number of pyridine rings is 1. The lowest BCUT2D eigenvalue weighted by molar-refractivity contribution is 0.292. The van der Waals surface area contributed by atoms with Crippen molar-refractivity contribution in [1.82, 2.24) is 4.98 Å². The number of nitrogens with two attached hydrogens (primary N) is 1. The highest BCUT2D eigenvalue weighted by Crippen LogP contribution is 2.33. The molecular weight excluding hydrogens is 246 g/mol. The molecule has 0 radical (unpaired) electrons. The molecule has 0 amide bonds. The molecule has 20 heavy (non-hydrogen) atoms. The summed E-state index contributed by atoms with van der Waals surface area (Å²) in [6.07, 6.45) is 2.51. The molecule has 3 heteroatoms. The van der Waals surface area contributed by atoms with Gasteiger partial charge in [-0.1, -0.05) is 32.0 Å². The fourth-order valence-electron chi connectivity index (χ4n) is 3.18. The number of aromatic nitrogens is 1. The zero-order valence-corrected chi connectivity index (χ0v) is 12.4. The summed E-state index contributed by atoms with van der Waals surface area (Å²) in [7, 11) is 0. The molecule has 0 aliphatic carbocycles. The number of rotatable bonds is 2. The van der Waals surface area contributed by atoms with Crippen LogP contribution in [0.4, 0.5) is 5.82 Å². The van der Waals surface area contributed by atoms with E-state index >= 15 is 0 Å². The third kappa shape index (κ3) is 2.50. The van der Waals surface area contributed by atoms with Crippen LogP contribution in [0, 0.1) is 5.41 Å². The second kappa shape index (κ2) is 5.06. The van der Waals surface area contributed by atoms with Crippen LogP contribution in [0.2, 0.25) is 0 Å². The standard InChI is InChI=1S/C17H23N3/c1-17(2)8-5-9-20(12-17)16-14(11-18)10-13-6-3-4-7-15(13)19-16/h3-4,6-7,10H,5,8-9,11-12,18H2,1-2H3. The highest BCUT2D eigenvalue weighted by Gasteiger charge is 2.28. The van der Waals surface area contributed by atoms with E-state index in [4.69, 9.17) is 10.7 Å². The van der Waals surface area contributed by atoms with Gasteiger partial charge >= 0.3 is 0 Å². The molecular formula is C17H23N3. The van der Waals surface area contributed by atoms with Crippen molar-refractivity contribution in [3.05, 3.63) is 35.9 Å². The van der Waals surface area contributed by atoms with Gasteiger partial charge in [0.2, 0.25) is 0 Å². The lowest BCUT2D eigenvalue weighted by atomic mass is 9.84. The Kier molecular flexibility index (Phi) is 3.38. The van der Waals surface area contributed by atoms with Crippen LogP contribution in [0.25, 0.3) is 10.9 Å². The normalized spacial score (nSPS) is 18.4. The number of fused-ring (bicyclic) bond motifs is 1. The summed E-state index contributed by atoms with van der Waals surface area (Å²) in [6.45, 7) is 7.36. The quantitative estimate of drug-likeness (QED) is 0.909. The molecule has 106 valence electrons. The third-order valence-electron chi connectivity index (χ3n) is 4.20. The number of para-hydroxylation sites is 1. The molecule has 0 saturated carbocycles. The number of hydrogen-bond donors (Lipinski definition) is 1. The first-order valence-electron chi connectivity index (χ1n) is 7.43. The Bertz CT molecular complexity index is 619. The molecule has 1 aromatic heterocycles. The maximum atomic E-state index is 5.95. The van der Waals surface area contributed by atoms with E-state index in [1.165, 1.54) is 18.2 Å². The molecule has 1 aromatic carbocycles. The number of nitrogens with zero attached hydrogens (tertiary/aromatic N) is 2. The molecule has 1 aliphatic heterocycles. The topological polar surface area (TPSA) is 42.2 Å². The number of piperidine rings is 1. The summed E-state index contributed by atoms with van der Waals surface area (Å²) in [6, 6.07) is 10.5. The Balaban J connectivity index is 2.05. The largest absolute Gasteiger partial charge is 0.356 e. The van der Waals surface area contributed by atoms with Crippen molar-refractivity contribution >= 4 is 16.7 Å². The van der Waals surface area contributed by atoms with E-state index < -0.39 is 0 Å². The second-order valence-corrected chi connectivity index (χ2v) is 6.56. The van der Waals surface area contributed by atoms with Crippen LogP contribution in [-0.2, 0) is 6.54 Å². The number of benzene rings is 1. The van der Waals surface area contributed by atoms with Gasteiger partial charge in [-0.2, -0.15) is 0 Å². The van der Waals surface area contributed by atoms with Crippen molar-refractivity contribution in [2.24, 2.45) is 11.1 Å². The SMILES string of the molecule is CC1(C)CCCN(c2nc3ccccc3cc2CN)C1. The second-order valence-electron chi connectivity index (χ2n) is 6.56. The van der Waals surface area contributed by atoms with Crippen LogP contribution in [0.3, 0.4) is 0 Å². The zero-order chi connectivity index (χ0) is 14.2. The van der Waals surface area contributed by atoms with Crippen LogP contribution in [0.5, 0.6) is 0 Å². The highest BCUT2D eigenvalue weighted by atomic mass is 15.2. The van der Waals surface area contributed by atoms with E-state index in [1.807, 2.05) is 12.1 Å². The molecule has 0 spiro atoms. The summed E-state index contributed by atoms with van der Waals surface area (Å²) >= 11 is 0. The fraction of sp³-hybridized carbons (Fsp3) is 0.471. The highest BCUT2D eigenvalue weighted by molar-refractivity contribution is 5.81. The minimum absolute atomic E-state index is 0.359. The van der Waals surface area contributed by atoms with Gasteiger partial charge in [0.25, 0.3) is 0 Å². The Morgan fingerprint density at radius 1 is 1.30 bits per heavy atom. The first-order chi connectivity index (χ1) is 9.59. The lowest BCUT2D eigenvalue weighted by Gasteiger charge is -2.39. The van der Waals surface area contributed by atoms with Crippen molar-refractivity contribution in [3.63, 3.8) is 0 Å². The predicted molar refractivity (Wildman–Crippen MR) is 84.9 cm³/mol. The Labute approximate surface area is 120 Å². The Morgan fingerprint density at radius 3 is 2.85 bits per heavy atom. The maximum absolute atomic E-state index is 5.95. The molecule has 1 fully saturated rings. The van der Waals surface area contributed by atoms with Crippen LogP contribution in [-0.4, -0.2) is 18.1 Å². The minimum Gasteiger partial charge on any atom is -0.356 e. The van der Waals surface area contributed by atoms with Crippen molar-refractivity contribution in [1.29, 1.82) is 0 Å². The smallest absolute Gasteiger partial charge is 0.133 e. The molecule has 2 aromatic rings. The van der Waals surface area contributed by atoms with Crippen LogP contribution < -0.4 is 10.6 Å². The molecule has 0 unspecified atom stereocenters. The van der Waals surface area contributed by atoms with Gasteiger partial charge in [-0.15, -0.1) is 0 Å². The number of hydrogen-bond acceptors (Lipinski definition) is 3. The zero-order valence-electron chi connectivity index (χ0n) is 12.4. The van der Waals surface area contributed by atoms with Gasteiger partial charge in [-0.25, -0.2) is 4.98 Å². The van der Waals surface area contributed by atoms with Crippen molar-refractivity contribution < 1.29 is 0 Å². The van der Waals surface area contributed by atoms with E-state index in [0.717, 1.165) is 30.0 Å². The predicted octanol–water partition coefficient (Wildman–Crippen LogP) is 3.32. The van der Waals surface area contributed by atoms with Gasteiger partial charge in [-0.05, 0) is 30.4 Å². The monoisotopic (exact) mass is 269 g/mol. The first kappa shape index (κ1) is 13.4. The summed E-state index contributed by atoms with van der Waals surface area (Å²) < 4.78 is 0. The molecule has 1 saturated heterocycles. The molecule has 2 heterocycles. The van der Waals surface area contributed by atoms with Gasteiger partial charge in [0.05, 0.1) is 5.52 Å². The van der Waals surface area contributed by atoms with Gasteiger partial charge in [0, 0.05) is 30.6 Å². The van der Waals surface area contributed by atoms with E-state index in [1.54, 1.807) is 0 Å². The van der Waals surface area contributed by atoms with Crippen LogP contribution in [0.15, 0.2) is 30.3 Å². The average Bonchev–Trinajstić information content (AvgIpc) is 2.44. The van der Waals surface area contributed by atoms with Gasteiger partial charge < -0.3 is 10.6 Å². The molecule has 2 N–H and O–H groups in total. The van der Waals surface area contributed by atoms with Crippen LogP contribution in [0.1, 0.15) is 32.3 Å². The van der Waals surface area contributed by atoms with Crippen molar-refractivity contribution in [2.45, 2.75) is 33.2 Å². The van der Waals surface area contributed by atoms with Crippen molar-refractivity contribution in [2.75, 3.05) is 18.0 Å². The average molecular weight is 269 g/mol. The number of anilines is 1. The van der Waals surface area contributed by atoms with E-state index in [0.29, 0.717) is 12.0 Å². The summed E-state index contributed by atoms with van der Waals surface area (Å²) in [5, 5.41) is 1.17. The van der Waals surface area contributed by atoms with E-state index in [9.17, 15) is 0 Å². The molecule has 1 aliphatic rings. The molecule has 0 bridgehead atoms. The molecule has 3 rings (SSSR count). The van der Waals surface area contributed by atoms with E-state index in [-0.39, 0.29) is 0 Å². The van der Waals surface area contributed by atoms with Gasteiger partial charge in [0.1, 0.15) is 5.82 Å². The summed E-state index contributed by atoms with van der Waals surface area (Å²) in [5.74, 6) is 1.08. The van der Waals surface area contributed by atoms with Crippen LogP contribution >= 0.6 is 0 Å².